The summed E-state index contributed by atoms with van der Waals surface area (Å²) in [5.74, 6) is 0. The van der Waals surface area contributed by atoms with E-state index in [0.29, 0.717) is 0 Å². The van der Waals surface area contributed by atoms with Crippen molar-refractivity contribution in [1.29, 1.82) is 0 Å². The molecule has 2 aromatic heterocycles. The maximum absolute atomic E-state index is 4.64. The summed E-state index contributed by atoms with van der Waals surface area (Å²) >= 11 is 0. The Balaban J connectivity index is 2.17. The topological polar surface area (TPSA) is 25.8 Å². The molecule has 2 nitrogen and oxygen atoms in total. The molecule has 0 radical (unpaired) electrons. The molecule has 0 amide bonds. The molecule has 0 N–H and O–H groups in total. The van der Waals surface area contributed by atoms with Crippen molar-refractivity contribution in [1.82, 2.24) is 9.97 Å². The molecule has 1 aromatic carbocycles. The quantitative estimate of drug-likeness (QED) is 0.660. The van der Waals surface area contributed by atoms with Gasteiger partial charge in [0.15, 0.2) is 0 Å². The van der Waals surface area contributed by atoms with Gasteiger partial charge in [-0.1, -0.05) is 18.2 Å². The van der Waals surface area contributed by atoms with Crippen LogP contribution in [0.5, 0.6) is 0 Å². The van der Waals surface area contributed by atoms with Crippen LogP contribution >= 0.6 is 0 Å². The highest BCUT2D eigenvalue weighted by Gasteiger charge is 2.09. The molecule has 0 saturated heterocycles. The van der Waals surface area contributed by atoms with Gasteiger partial charge in [0.1, 0.15) is 0 Å². The van der Waals surface area contributed by atoms with Crippen LogP contribution in [0.15, 0.2) is 48.7 Å². The molecule has 3 aromatic rings. The minimum atomic E-state index is 0.911. The Morgan fingerprint density at radius 3 is 2.23 bits per heavy atom. The van der Waals surface area contributed by atoms with Crippen LogP contribution in [0.2, 0.25) is 0 Å². The molecule has 0 atom stereocenters. The van der Waals surface area contributed by atoms with Gasteiger partial charge in [0.05, 0.1) is 11.4 Å². The lowest BCUT2D eigenvalue weighted by atomic mass is 9.95. The Hall–Kier alpha value is -2.48. The molecule has 0 fully saturated rings. The van der Waals surface area contributed by atoms with E-state index < -0.39 is 0 Å². The third-order valence-corrected chi connectivity index (χ3v) is 4.03. The fourth-order valence-electron chi connectivity index (χ4n) is 2.74. The average molecular weight is 288 g/mol. The number of hydrogen-bond acceptors (Lipinski definition) is 2. The third-order valence-electron chi connectivity index (χ3n) is 4.03. The molecule has 0 saturated carbocycles. The lowest BCUT2D eigenvalue weighted by molar-refractivity contribution is 1.17. The normalized spacial score (nSPS) is 10.7. The molecular formula is C20H20N2. The summed E-state index contributed by atoms with van der Waals surface area (Å²) in [7, 11) is 0. The second kappa shape index (κ2) is 5.72. The fourth-order valence-corrected chi connectivity index (χ4v) is 2.74. The van der Waals surface area contributed by atoms with Crippen molar-refractivity contribution in [2.24, 2.45) is 0 Å². The van der Waals surface area contributed by atoms with Crippen LogP contribution in [-0.4, -0.2) is 9.97 Å². The molecule has 110 valence electrons. The Kier molecular flexibility index (Phi) is 3.76. The number of hydrogen-bond donors (Lipinski definition) is 0. The first-order valence-electron chi connectivity index (χ1n) is 7.53. The van der Waals surface area contributed by atoms with Gasteiger partial charge in [-0.2, -0.15) is 0 Å². The van der Waals surface area contributed by atoms with Crippen LogP contribution in [0.1, 0.15) is 22.4 Å². The summed E-state index contributed by atoms with van der Waals surface area (Å²) in [6.07, 6.45) is 1.81. The van der Waals surface area contributed by atoms with E-state index in [1.165, 1.54) is 27.8 Å². The van der Waals surface area contributed by atoms with Crippen molar-refractivity contribution < 1.29 is 0 Å². The van der Waals surface area contributed by atoms with Crippen molar-refractivity contribution in [2.45, 2.75) is 27.7 Å². The summed E-state index contributed by atoms with van der Waals surface area (Å²) in [6.45, 7) is 8.51. The van der Waals surface area contributed by atoms with Crippen LogP contribution in [0.4, 0.5) is 0 Å². The van der Waals surface area contributed by atoms with Gasteiger partial charge in [-0.25, -0.2) is 0 Å². The molecule has 22 heavy (non-hydrogen) atoms. The lowest BCUT2D eigenvalue weighted by Gasteiger charge is -2.12. The zero-order chi connectivity index (χ0) is 15.7. The zero-order valence-corrected chi connectivity index (χ0v) is 13.5. The van der Waals surface area contributed by atoms with Gasteiger partial charge in [-0.05, 0) is 79.8 Å². The average Bonchev–Trinajstić information content (AvgIpc) is 2.51. The largest absolute Gasteiger partial charge is 0.255 e. The molecule has 0 aliphatic heterocycles. The van der Waals surface area contributed by atoms with Crippen LogP contribution in [0, 0.1) is 27.7 Å². The van der Waals surface area contributed by atoms with E-state index in [-0.39, 0.29) is 0 Å². The number of pyridine rings is 2. The minimum Gasteiger partial charge on any atom is -0.255 e. The van der Waals surface area contributed by atoms with E-state index in [1.54, 1.807) is 6.20 Å². The minimum absolute atomic E-state index is 0.911. The standard InChI is InChI=1S/C20H20N2/c1-13-9-15(3)18(10-14(13)2)17-11-16(4)22-20(12-17)19-7-5-6-8-21-19/h5-12H,1-4H3. The molecule has 0 aliphatic carbocycles. The number of aromatic nitrogens is 2. The van der Waals surface area contributed by atoms with Gasteiger partial charge < -0.3 is 0 Å². The second-order valence-corrected chi connectivity index (χ2v) is 5.85. The maximum Gasteiger partial charge on any atom is 0.0895 e. The van der Waals surface area contributed by atoms with Crippen molar-refractivity contribution in [3.8, 4) is 22.5 Å². The van der Waals surface area contributed by atoms with Crippen molar-refractivity contribution in [3.05, 3.63) is 71.0 Å². The number of rotatable bonds is 2. The molecule has 0 spiro atoms. The predicted molar refractivity (Wildman–Crippen MR) is 91.9 cm³/mol. The lowest BCUT2D eigenvalue weighted by Crippen LogP contribution is -1.94. The van der Waals surface area contributed by atoms with Gasteiger partial charge in [0.25, 0.3) is 0 Å². The molecule has 2 heterocycles. The van der Waals surface area contributed by atoms with Gasteiger partial charge in [0.2, 0.25) is 0 Å². The first-order valence-corrected chi connectivity index (χ1v) is 7.53. The highest BCUT2D eigenvalue weighted by atomic mass is 14.8. The zero-order valence-electron chi connectivity index (χ0n) is 13.5. The van der Waals surface area contributed by atoms with Gasteiger partial charge in [-0.3, -0.25) is 9.97 Å². The molecular weight excluding hydrogens is 268 g/mol. The molecule has 2 heteroatoms. The number of aryl methyl sites for hydroxylation is 4. The van der Waals surface area contributed by atoms with E-state index in [4.69, 9.17) is 0 Å². The molecule has 0 aliphatic rings. The van der Waals surface area contributed by atoms with Crippen LogP contribution in [-0.2, 0) is 0 Å². The van der Waals surface area contributed by atoms with E-state index in [1.807, 2.05) is 25.1 Å². The Bertz CT molecular complexity index is 821. The van der Waals surface area contributed by atoms with Crippen LogP contribution in [0.3, 0.4) is 0 Å². The van der Waals surface area contributed by atoms with Crippen molar-refractivity contribution >= 4 is 0 Å². The summed E-state index contributed by atoms with van der Waals surface area (Å²) in [5.41, 5.74) is 9.25. The van der Waals surface area contributed by atoms with Gasteiger partial charge in [0, 0.05) is 11.9 Å². The van der Waals surface area contributed by atoms with Gasteiger partial charge >= 0.3 is 0 Å². The third kappa shape index (κ3) is 2.77. The summed E-state index contributed by atoms with van der Waals surface area (Å²) in [6, 6.07) is 14.7. The summed E-state index contributed by atoms with van der Waals surface area (Å²) in [5, 5.41) is 0. The Morgan fingerprint density at radius 2 is 1.50 bits per heavy atom. The van der Waals surface area contributed by atoms with Crippen LogP contribution in [0.25, 0.3) is 22.5 Å². The monoisotopic (exact) mass is 288 g/mol. The Labute approximate surface area is 131 Å². The van der Waals surface area contributed by atoms with E-state index in [9.17, 15) is 0 Å². The fraction of sp³-hybridized carbons (Fsp3) is 0.200. The molecule has 0 bridgehead atoms. The van der Waals surface area contributed by atoms with Gasteiger partial charge in [-0.15, -0.1) is 0 Å². The SMILES string of the molecule is Cc1cc(-c2cc(C)c(C)cc2C)cc(-c2ccccn2)n1. The highest BCUT2D eigenvalue weighted by Crippen LogP contribution is 2.29. The first kappa shape index (κ1) is 14.5. The molecule has 3 rings (SSSR count). The summed E-state index contributed by atoms with van der Waals surface area (Å²) < 4.78 is 0. The highest BCUT2D eigenvalue weighted by molar-refractivity contribution is 5.73. The van der Waals surface area contributed by atoms with Crippen molar-refractivity contribution in [2.75, 3.05) is 0 Å². The van der Waals surface area contributed by atoms with Crippen molar-refractivity contribution in [3.63, 3.8) is 0 Å². The predicted octanol–water partition coefficient (Wildman–Crippen LogP) is 5.04. The molecule has 0 unspecified atom stereocenters. The first-order chi connectivity index (χ1) is 10.5. The maximum atomic E-state index is 4.64. The van der Waals surface area contributed by atoms with E-state index in [2.05, 4.69) is 55.0 Å². The summed E-state index contributed by atoms with van der Waals surface area (Å²) in [4.78, 5) is 9.05. The van der Waals surface area contributed by atoms with E-state index >= 15 is 0 Å². The smallest absolute Gasteiger partial charge is 0.0895 e. The second-order valence-electron chi connectivity index (χ2n) is 5.85. The Morgan fingerprint density at radius 1 is 0.727 bits per heavy atom. The van der Waals surface area contributed by atoms with E-state index in [0.717, 1.165) is 17.1 Å². The number of nitrogens with zero attached hydrogens (tertiary/aromatic N) is 2. The number of benzene rings is 1. The van der Waals surface area contributed by atoms with Crippen LogP contribution < -0.4 is 0 Å².